The summed E-state index contributed by atoms with van der Waals surface area (Å²) < 4.78 is 50.5. The van der Waals surface area contributed by atoms with Crippen LogP contribution in [0.4, 0.5) is 13.2 Å². The van der Waals surface area contributed by atoms with E-state index in [9.17, 15) is 18.0 Å². The minimum absolute atomic E-state index is 0.0205. The zero-order chi connectivity index (χ0) is 23.0. The van der Waals surface area contributed by atoms with Gasteiger partial charge in [0.1, 0.15) is 5.75 Å². The molecule has 0 atom stereocenters. The van der Waals surface area contributed by atoms with Crippen LogP contribution in [0.15, 0.2) is 47.5 Å². The number of pyridine rings is 1. The lowest BCUT2D eigenvalue weighted by Crippen LogP contribution is -2.20. The summed E-state index contributed by atoms with van der Waals surface area (Å²) in [5.41, 5.74) is -1.53. The summed E-state index contributed by atoms with van der Waals surface area (Å²) in [5, 5.41) is 3.51. The molecule has 0 saturated carbocycles. The van der Waals surface area contributed by atoms with Gasteiger partial charge in [0.2, 0.25) is 0 Å². The van der Waals surface area contributed by atoms with Crippen LogP contribution in [0.1, 0.15) is 19.4 Å². The highest BCUT2D eigenvalue weighted by molar-refractivity contribution is 7.71. The first-order valence-corrected chi connectivity index (χ1v) is 10.2. The molecule has 0 aliphatic rings. The van der Waals surface area contributed by atoms with E-state index in [4.69, 9.17) is 17.0 Å². The third-order valence-electron chi connectivity index (χ3n) is 4.83. The van der Waals surface area contributed by atoms with Crippen LogP contribution < -0.4 is 10.3 Å². The number of aromatic nitrogens is 5. The molecule has 0 saturated heterocycles. The molecule has 0 bridgehead atoms. The molecule has 11 heteroatoms. The molecule has 0 aliphatic heterocycles. The van der Waals surface area contributed by atoms with Crippen molar-refractivity contribution in [3.05, 3.63) is 63.4 Å². The van der Waals surface area contributed by atoms with E-state index in [1.807, 2.05) is 6.92 Å². The molecule has 0 aliphatic carbocycles. The first kappa shape index (κ1) is 21.8. The predicted octanol–water partition coefficient (Wildman–Crippen LogP) is 4.74. The van der Waals surface area contributed by atoms with Crippen molar-refractivity contribution >= 4 is 23.3 Å². The van der Waals surface area contributed by atoms with Crippen molar-refractivity contribution in [2.45, 2.75) is 26.6 Å². The van der Waals surface area contributed by atoms with Crippen molar-refractivity contribution in [3.63, 3.8) is 0 Å². The summed E-state index contributed by atoms with van der Waals surface area (Å²) >= 11 is 5.33. The Kier molecular flexibility index (Phi) is 5.59. The molecule has 0 spiro atoms. The number of aryl methyl sites for hydroxylation is 1. The third-order valence-corrected chi connectivity index (χ3v) is 5.11. The van der Waals surface area contributed by atoms with Gasteiger partial charge in [0, 0.05) is 18.3 Å². The summed E-state index contributed by atoms with van der Waals surface area (Å²) in [6.45, 7) is 4.50. The van der Waals surface area contributed by atoms with Crippen molar-refractivity contribution in [2.75, 3.05) is 6.61 Å². The number of hydrogen-bond acceptors (Lipinski definition) is 5. The molecular weight excluding hydrogens is 443 g/mol. The Balaban J connectivity index is 2.16. The van der Waals surface area contributed by atoms with Crippen LogP contribution in [0.5, 0.6) is 5.75 Å². The number of hydrogen-bond donors (Lipinski definition) is 1. The van der Waals surface area contributed by atoms with Crippen LogP contribution in [-0.2, 0) is 12.7 Å². The average Bonchev–Trinajstić information content (AvgIpc) is 3.23. The second-order valence-corrected chi connectivity index (χ2v) is 7.22. The predicted molar refractivity (Wildman–Crippen MR) is 116 cm³/mol. The van der Waals surface area contributed by atoms with E-state index >= 15 is 0 Å². The zero-order valence-electron chi connectivity index (χ0n) is 17.1. The van der Waals surface area contributed by atoms with Crippen LogP contribution in [0.2, 0.25) is 0 Å². The van der Waals surface area contributed by atoms with Gasteiger partial charge in [0.25, 0.3) is 5.56 Å². The number of para-hydroxylation sites is 2. The summed E-state index contributed by atoms with van der Waals surface area (Å²) in [5.74, 6) is 0.388. The smallest absolute Gasteiger partial charge is 0.417 e. The Morgan fingerprint density at radius 3 is 2.62 bits per heavy atom. The maximum atomic E-state index is 14.0. The van der Waals surface area contributed by atoms with Gasteiger partial charge in [-0.15, -0.1) is 0 Å². The normalized spacial score (nSPS) is 11.8. The fourth-order valence-electron chi connectivity index (χ4n) is 3.41. The molecule has 32 heavy (non-hydrogen) atoms. The molecule has 3 heterocycles. The number of benzene rings is 1. The number of halogens is 3. The van der Waals surface area contributed by atoms with Gasteiger partial charge >= 0.3 is 6.18 Å². The molecule has 1 aromatic carbocycles. The van der Waals surface area contributed by atoms with Crippen LogP contribution >= 0.6 is 12.2 Å². The maximum absolute atomic E-state index is 14.0. The van der Waals surface area contributed by atoms with Gasteiger partial charge < -0.3 is 4.74 Å². The fraction of sp³-hybridized carbons (Fsp3) is 0.238. The highest BCUT2D eigenvalue weighted by Crippen LogP contribution is 2.36. The van der Waals surface area contributed by atoms with E-state index in [1.165, 1.54) is 10.8 Å². The van der Waals surface area contributed by atoms with E-state index in [1.54, 1.807) is 42.1 Å². The van der Waals surface area contributed by atoms with Gasteiger partial charge in [0.15, 0.2) is 10.4 Å². The van der Waals surface area contributed by atoms with Gasteiger partial charge in [-0.25, -0.2) is 4.98 Å². The van der Waals surface area contributed by atoms with E-state index in [0.717, 1.165) is 6.07 Å². The summed E-state index contributed by atoms with van der Waals surface area (Å²) in [7, 11) is 0. The molecular formula is C21H18F3N5O2S. The number of aromatic amines is 1. The Morgan fingerprint density at radius 1 is 1.22 bits per heavy atom. The molecule has 0 unspecified atom stereocenters. The molecule has 4 aromatic rings. The van der Waals surface area contributed by atoms with E-state index in [-0.39, 0.29) is 16.1 Å². The van der Waals surface area contributed by atoms with Crippen molar-refractivity contribution in [1.29, 1.82) is 0 Å². The van der Waals surface area contributed by atoms with Gasteiger partial charge in [-0.3, -0.25) is 19.0 Å². The number of ether oxygens (including phenoxy) is 1. The van der Waals surface area contributed by atoms with E-state index in [0.29, 0.717) is 30.2 Å². The van der Waals surface area contributed by atoms with Crippen molar-refractivity contribution in [1.82, 2.24) is 24.3 Å². The van der Waals surface area contributed by atoms with Crippen LogP contribution in [0, 0.1) is 4.77 Å². The third kappa shape index (κ3) is 3.79. The summed E-state index contributed by atoms with van der Waals surface area (Å²) in [4.78, 5) is 19.4. The van der Waals surface area contributed by atoms with E-state index in [2.05, 4.69) is 15.1 Å². The Morgan fingerprint density at radius 2 is 1.97 bits per heavy atom. The van der Waals surface area contributed by atoms with Crippen molar-refractivity contribution in [3.8, 4) is 22.7 Å². The number of nitrogens with one attached hydrogen (secondary N) is 1. The van der Waals surface area contributed by atoms with Crippen LogP contribution in [-0.4, -0.2) is 30.9 Å². The van der Waals surface area contributed by atoms with Gasteiger partial charge in [-0.2, -0.15) is 18.3 Å². The van der Waals surface area contributed by atoms with Gasteiger partial charge in [-0.1, -0.05) is 12.1 Å². The highest BCUT2D eigenvalue weighted by Gasteiger charge is 2.36. The number of fused-ring (bicyclic) bond motifs is 1. The van der Waals surface area contributed by atoms with Crippen molar-refractivity contribution < 1.29 is 17.9 Å². The minimum Gasteiger partial charge on any atom is -0.492 e. The summed E-state index contributed by atoms with van der Waals surface area (Å²) in [6, 6.07) is 7.57. The maximum Gasteiger partial charge on any atom is 0.417 e. The number of rotatable bonds is 5. The van der Waals surface area contributed by atoms with Gasteiger partial charge in [0.05, 0.1) is 35.1 Å². The number of nitrogens with zero attached hydrogens (tertiary/aromatic N) is 4. The molecule has 0 fully saturated rings. The largest absolute Gasteiger partial charge is 0.492 e. The molecule has 3 aromatic heterocycles. The van der Waals surface area contributed by atoms with Crippen LogP contribution in [0.3, 0.4) is 0 Å². The first-order valence-electron chi connectivity index (χ1n) is 9.76. The molecule has 7 nitrogen and oxygen atoms in total. The Labute approximate surface area is 185 Å². The highest BCUT2D eigenvalue weighted by atomic mass is 32.1. The topological polar surface area (TPSA) is 77.7 Å². The summed E-state index contributed by atoms with van der Waals surface area (Å²) in [6.07, 6.45) is -1.78. The quantitative estimate of drug-likeness (QED) is 0.434. The SMILES string of the molecule is CCOc1ccccc1-n1c(=S)[nH]c(=O)c2c(C(F)(F)F)cc(-c3cnn(CC)c3)nc21. The fourth-order valence-corrected chi connectivity index (χ4v) is 3.69. The lowest BCUT2D eigenvalue weighted by atomic mass is 10.1. The second kappa shape index (κ2) is 8.23. The molecule has 0 radical (unpaired) electrons. The zero-order valence-corrected chi connectivity index (χ0v) is 17.9. The monoisotopic (exact) mass is 461 g/mol. The minimum atomic E-state index is -4.80. The average molecular weight is 461 g/mol. The lowest BCUT2D eigenvalue weighted by molar-refractivity contribution is -0.136. The van der Waals surface area contributed by atoms with Gasteiger partial charge in [-0.05, 0) is 44.3 Å². The second-order valence-electron chi connectivity index (χ2n) is 6.83. The number of alkyl halides is 3. The van der Waals surface area contributed by atoms with Crippen molar-refractivity contribution in [2.24, 2.45) is 0 Å². The van der Waals surface area contributed by atoms with E-state index < -0.39 is 22.7 Å². The Bertz CT molecular complexity index is 1420. The molecule has 4 rings (SSSR count). The molecule has 1 N–H and O–H groups in total. The standard InChI is InChI=1S/C21H18F3N5O2S/c1-3-28-11-12(10-25-28)14-9-13(21(22,23)24)17-18(26-14)29(20(32)27-19(17)30)15-7-5-6-8-16(15)31-4-2/h5-11H,3-4H2,1-2H3,(H,27,30,32). The first-order chi connectivity index (χ1) is 15.2. The molecule has 0 amide bonds. The lowest BCUT2D eigenvalue weighted by Gasteiger charge is -2.17. The molecule has 166 valence electrons. The van der Waals surface area contributed by atoms with Crippen LogP contribution in [0.25, 0.3) is 28.0 Å². The number of H-pyrrole nitrogens is 1. The Hall–Kier alpha value is -3.47.